The Morgan fingerprint density at radius 3 is 2.33 bits per heavy atom. The summed E-state index contributed by atoms with van der Waals surface area (Å²) >= 11 is 1.49. The second-order valence-electron chi connectivity index (χ2n) is 3.19. The Labute approximate surface area is 94.5 Å². The number of rotatable bonds is 3. The average Bonchev–Trinajstić information content (AvgIpc) is 2.17. The lowest BCUT2D eigenvalue weighted by molar-refractivity contribution is 0.520. The Balaban J connectivity index is 3.25. The van der Waals surface area contributed by atoms with Crippen LogP contribution < -0.4 is 5.73 Å². The molecule has 2 N–H and O–H groups in total. The summed E-state index contributed by atoms with van der Waals surface area (Å²) in [5.74, 6) is 0. The van der Waals surface area contributed by atoms with Gasteiger partial charge in [0.25, 0.3) is 0 Å². The van der Waals surface area contributed by atoms with Crippen molar-refractivity contribution in [3.8, 4) is 0 Å². The highest BCUT2D eigenvalue weighted by Gasteiger charge is 2.17. The van der Waals surface area contributed by atoms with Crippen LogP contribution in [0, 0.1) is 0 Å². The highest BCUT2D eigenvalue weighted by atomic mass is 32.2. The lowest BCUT2D eigenvalue weighted by Crippen LogP contribution is -2.22. The number of hydrogen-bond acceptors (Lipinski definition) is 4. The molecule has 84 valence electrons. The van der Waals surface area contributed by atoms with Crippen molar-refractivity contribution in [2.24, 2.45) is 0 Å². The summed E-state index contributed by atoms with van der Waals surface area (Å²) in [6.07, 6.45) is 1.89. The summed E-state index contributed by atoms with van der Waals surface area (Å²) in [7, 11) is -0.392. The van der Waals surface area contributed by atoms with E-state index in [4.69, 9.17) is 5.73 Å². The SMILES string of the molecule is CSc1ccc(S(=O)(=O)N(C)C)cc1N. The standard InChI is InChI=1S/C9H14N2O2S2/c1-11(2)15(12,13)7-4-5-9(14-3)8(10)6-7/h4-6H,10H2,1-3H3. The molecular weight excluding hydrogens is 232 g/mol. The molecule has 0 atom stereocenters. The molecule has 0 saturated carbocycles. The summed E-state index contributed by atoms with van der Waals surface area (Å²) in [5.41, 5.74) is 6.22. The first-order chi connectivity index (χ1) is 6.89. The number of thioether (sulfide) groups is 1. The first-order valence-electron chi connectivity index (χ1n) is 4.25. The molecule has 0 aliphatic carbocycles. The molecule has 4 nitrogen and oxygen atoms in total. The van der Waals surface area contributed by atoms with E-state index in [0.29, 0.717) is 5.69 Å². The second kappa shape index (κ2) is 4.42. The summed E-state index contributed by atoms with van der Waals surface area (Å²) in [6, 6.07) is 4.77. The molecule has 1 aromatic rings. The zero-order valence-corrected chi connectivity index (χ0v) is 10.5. The molecule has 0 radical (unpaired) electrons. The predicted octanol–water partition coefficient (Wildman–Crippen LogP) is 1.24. The van der Waals surface area contributed by atoms with Gasteiger partial charge in [-0.2, -0.15) is 0 Å². The van der Waals surface area contributed by atoms with Gasteiger partial charge < -0.3 is 5.73 Å². The van der Waals surface area contributed by atoms with Gasteiger partial charge in [0.15, 0.2) is 0 Å². The van der Waals surface area contributed by atoms with Gasteiger partial charge >= 0.3 is 0 Å². The van der Waals surface area contributed by atoms with Gasteiger partial charge in [-0.25, -0.2) is 12.7 Å². The number of anilines is 1. The maximum Gasteiger partial charge on any atom is 0.242 e. The van der Waals surface area contributed by atoms with Gasteiger partial charge in [0.05, 0.1) is 4.90 Å². The van der Waals surface area contributed by atoms with E-state index in [9.17, 15) is 8.42 Å². The third-order valence-corrected chi connectivity index (χ3v) is 4.60. The van der Waals surface area contributed by atoms with Crippen molar-refractivity contribution in [3.63, 3.8) is 0 Å². The first kappa shape index (κ1) is 12.4. The van der Waals surface area contributed by atoms with E-state index in [1.54, 1.807) is 12.1 Å². The van der Waals surface area contributed by atoms with E-state index < -0.39 is 10.0 Å². The van der Waals surface area contributed by atoms with Crippen molar-refractivity contribution < 1.29 is 8.42 Å². The number of sulfonamides is 1. The third-order valence-electron chi connectivity index (χ3n) is 1.98. The highest BCUT2D eigenvalue weighted by Crippen LogP contribution is 2.26. The normalized spacial score (nSPS) is 12.0. The molecule has 0 amide bonds. The van der Waals surface area contributed by atoms with Crippen molar-refractivity contribution in [2.45, 2.75) is 9.79 Å². The molecule has 0 bridgehead atoms. The van der Waals surface area contributed by atoms with Crippen molar-refractivity contribution in [1.82, 2.24) is 4.31 Å². The molecule has 0 aromatic heterocycles. The summed E-state index contributed by atoms with van der Waals surface area (Å²) in [6.45, 7) is 0. The van der Waals surface area contributed by atoms with Crippen LogP contribution in [-0.2, 0) is 10.0 Å². The fourth-order valence-corrected chi connectivity index (χ4v) is 2.52. The van der Waals surface area contributed by atoms with Gasteiger partial charge in [-0.05, 0) is 24.5 Å². The zero-order valence-electron chi connectivity index (χ0n) is 8.89. The fourth-order valence-electron chi connectivity index (χ4n) is 1.08. The Hall–Kier alpha value is -0.720. The Kier molecular flexibility index (Phi) is 3.64. The number of nitrogen functional groups attached to an aromatic ring is 1. The molecule has 6 heteroatoms. The van der Waals surface area contributed by atoms with E-state index >= 15 is 0 Å². The van der Waals surface area contributed by atoms with Crippen LogP contribution in [0.15, 0.2) is 28.0 Å². The Morgan fingerprint density at radius 1 is 1.33 bits per heavy atom. The van der Waals surface area contributed by atoms with Gasteiger partial charge in [0, 0.05) is 24.7 Å². The largest absolute Gasteiger partial charge is 0.398 e. The number of nitrogens with two attached hydrogens (primary N) is 1. The number of benzene rings is 1. The molecule has 0 spiro atoms. The minimum Gasteiger partial charge on any atom is -0.398 e. The summed E-state index contributed by atoms with van der Waals surface area (Å²) < 4.78 is 24.7. The molecule has 15 heavy (non-hydrogen) atoms. The fraction of sp³-hybridized carbons (Fsp3) is 0.333. The maximum absolute atomic E-state index is 11.7. The van der Waals surface area contributed by atoms with Gasteiger partial charge in [-0.1, -0.05) is 0 Å². The van der Waals surface area contributed by atoms with E-state index in [0.717, 1.165) is 4.90 Å². The van der Waals surface area contributed by atoms with Crippen LogP contribution in [0.1, 0.15) is 0 Å². The minimum absolute atomic E-state index is 0.225. The maximum atomic E-state index is 11.7. The average molecular weight is 246 g/mol. The third kappa shape index (κ3) is 2.45. The van der Waals surface area contributed by atoms with E-state index in [2.05, 4.69) is 0 Å². The summed E-state index contributed by atoms with van der Waals surface area (Å²) in [5, 5.41) is 0. The lowest BCUT2D eigenvalue weighted by atomic mass is 10.3. The lowest BCUT2D eigenvalue weighted by Gasteiger charge is -2.12. The molecule has 1 rings (SSSR count). The van der Waals surface area contributed by atoms with Crippen LogP contribution in [0.3, 0.4) is 0 Å². The molecule has 1 aromatic carbocycles. The molecular formula is C9H14N2O2S2. The van der Waals surface area contributed by atoms with Crippen molar-refractivity contribution in [1.29, 1.82) is 0 Å². The van der Waals surface area contributed by atoms with Gasteiger partial charge in [-0.15, -0.1) is 11.8 Å². The Morgan fingerprint density at radius 2 is 1.93 bits per heavy atom. The molecule has 0 aliphatic heterocycles. The number of hydrogen-bond donors (Lipinski definition) is 1. The van der Waals surface area contributed by atoms with Crippen LogP contribution in [0.25, 0.3) is 0 Å². The highest BCUT2D eigenvalue weighted by molar-refractivity contribution is 7.98. The minimum atomic E-state index is -3.38. The van der Waals surface area contributed by atoms with E-state index in [1.807, 2.05) is 6.26 Å². The van der Waals surface area contributed by atoms with Gasteiger partial charge in [0.1, 0.15) is 0 Å². The monoisotopic (exact) mass is 246 g/mol. The van der Waals surface area contributed by atoms with Gasteiger partial charge in [-0.3, -0.25) is 0 Å². The topological polar surface area (TPSA) is 63.4 Å². The van der Waals surface area contributed by atoms with Crippen LogP contribution in [0.2, 0.25) is 0 Å². The van der Waals surface area contributed by atoms with Crippen LogP contribution in [-0.4, -0.2) is 33.1 Å². The quantitative estimate of drug-likeness (QED) is 0.644. The van der Waals surface area contributed by atoms with Crippen LogP contribution >= 0.6 is 11.8 Å². The first-order valence-corrected chi connectivity index (χ1v) is 6.92. The van der Waals surface area contributed by atoms with E-state index in [-0.39, 0.29) is 4.90 Å². The molecule has 0 saturated heterocycles. The molecule has 0 unspecified atom stereocenters. The van der Waals surface area contributed by atoms with Crippen molar-refractivity contribution in [3.05, 3.63) is 18.2 Å². The van der Waals surface area contributed by atoms with Crippen molar-refractivity contribution >= 4 is 27.5 Å². The van der Waals surface area contributed by atoms with Crippen molar-refractivity contribution in [2.75, 3.05) is 26.1 Å². The predicted molar refractivity (Wildman–Crippen MR) is 63.5 cm³/mol. The van der Waals surface area contributed by atoms with Crippen LogP contribution in [0.5, 0.6) is 0 Å². The Bertz CT molecular complexity index is 455. The number of nitrogens with zero attached hydrogens (tertiary/aromatic N) is 1. The van der Waals surface area contributed by atoms with Crippen LogP contribution in [0.4, 0.5) is 5.69 Å². The van der Waals surface area contributed by atoms with E-state index in [1.165, 1.54) is 36.2 Å². The molecule has 0 heterocycles. The second-order valence-corrected chi connectivity index (χ2v) is 6.19. The molecule has 0 fully saturated rings. The van der Waals surface area contributed by atoms with Gasteiger partial charge in [0.2, 0.25) is 10.0 Å². The molecule has 0 aliphatic rings. The zero-order chi connectivity index (χ0) is 11.6. The smallest absolute Gasteiger partial charge is 0.242 e. The summed E-state index contributed by atoms with van der Waals surface area (Å²) in [4.78, 5) is 1.11.